The van der Waals surface area contributed by atoms with Crippen LogP contribution in [0.15, 0.2) is 364 Å². The molecule has 0 bridgehead atoms. The first-order valence-corrected chi connectivity index (χ1v) is 38.3. The zero-order valence-corrected chi connectivity index (χ0v) is 56.4. The third-order valence-corrected chi connectivity index (χ3v) is 30.5. The van der Waals surface area contributed by atoms with Gasteiger partial charge in [-0.15, -0.1) is 0 Å². The van der Waals surface area contributed by atoms with Crippen molar-refractivity contribution in [2.75, 3.05) is 0 Å². The summed E-state index contributed by atoms with van der Waals surface area (Å²) < 4.78 is 0. The SMILES string of the molecule is Cc1ccccc1-c1c(-c2cccc3c(-c4cccc5c4-c4ccccc4C54c5ccccc5-c5c4c4ccccc4c4ccccc54)c4cccc(-c5cccc6c5-c5ccccc5[Si]6(c5ccccc5)c5ccccc5)c4cc23)cccc1[SiH](c1ccccc1)c1ccccc1. The molecule has 0 radical (unpaired) electrons. The van der Waals surface area contributed by atoms with Gasteiger partial charge in [-0.1, -0.05) is 368 Å². The maximum atomic E-state index is 2.61. The highest BCUT2D eigenvalue weighted by molar-refractivity contribution is 7.22. The lowest BCUT2D eigenvalue weighted by Crippen LogP contribution is -2.72. The molecule has 1 heterocycles. The number of aryl methyl sites for hydroxylation is 1. The van der Waals surface area contributed by atoms with Crippen LogP contribution in [0.2, 0.25) is 0 Å². The minimum Gasteiger partial charge on any atom is -0.0625 e. The lowest BCUT2D eigenvalue weighted by molar-refractivity contribution is 0.802. The van der Waals surface area contributed by atoms with Crippen molar-refractivity contribution < 1.29 is 0 Å². The topological polar surface area (TPSA) is 0 Å². The fourth-order valence-electron chi connectivity index (χ4n) is 18.7. The van der Waals surface area contributed by atoms with Crippen molar-refractivity contribution in [3.63, 3.8) is 0 Å². The summed E-state index contributed by atoms with van der Waals surface area (Å²) in [5.41, 5.74) is 23.9. The van der Waals surface area contributed by atoms with E-state index in [0.717, 1.165) is 0 Å². The van der Waals surface area contributed by atoms with Gasteiger partial charge in [-0.25, -0.2) is 0 Å². The van der Waals surface area contributed by atoms with Gasteiger partial charge in [0.15, 0.2) is 8.07 Å². The van der Waals surface area contributed by atoms with Crippen LogP contribution in [0.5, 0.6) is 0 Å². The second kappa shape index (κ2) is 22.1. The van der Waals surface area contributed by atoms with Crippen molar-refractivity contribution in [1.82, 2.24) is 0 Å². The van der Waals surface area contributed by atoms with Crippen LogP contribution in [0.1, 0.15) is 27.8 Å². The van der Waals surface area contributed by atoms with Crippen molar-refractivity contribution in [2.24, 2.45) is 0 Å². The van der Waals surface area contributed by atoms with E-state index in [1.807, 2.05) is 0 Å². The van der Waals surface area contributed by atoms with Gasteiger partial charge in [0.1, 0.15) is 8.80 Å². The quantitative estimate of drug-likeness (QED) is 0.0585. The Bertz CT molecular complexity index is 6050. The van der Waals surface area contributed by atoms with E-state index in [9.17, 15) is 0 Å². The molecule has 2 aliphatic carbocycles. The molecule has 456 valence electrons. The van der Waals surface area contributed by atoms with Crippen LogP contribution < -0.4 is 36.3 Å². The van der Waals surface area contributed by atoms with Crippen molar-refractivity contribution in [3.05, 3.63) is 392 Å². The Kier molecular flexibility index (Phi) is 12.8. The molecule has 0 saturated carbocycles. The zero-order valence-electron chi connectivity index (χ0n) is 54.2. The number of fused-ring (bicyclic) bond motifs is 20. The number of rotatable bonds is 9. The summed E-state index contributed by atoms with van der Waals surface area (Å²) in [6, 6.07) is 140. The molecule has 0 N–H and O–H groups in total. The average Bonchev–Trinajstić information content (AvgIpc) is 1.50. The van der Waals surface area contributed by atoms with Gasteiger partial charge in [0.25, 0.3) is 0 Å². The molecule has 0 aromatic heterocycles. The molecule has 0 amide bonds. The highest BCUT2D eigenvalue weighted by Gasteiger charge is 2.54. The van der Waals surface area contributed by atoms with Gasteiger partial charge in [-0.3, -0.25) is 0 Å². The maximum absolute atomic E-state index is 2.87. The molecule has 1 atom stereocenters. The standard InChI is InChI=1S/C96H64Si2/c1-62-31-14-15-40-67(62)92-72(52-29-58-87(92)97(63-32-6-2-7-33-63)64-34-8-3-9-35-64)70-48-26-50-75-82(70)61-83-71(73-53-30-60-89-93(73)80-47-22-25-59-88(80)98(89,65-36-10-4-11-37-65)66-38-12-5-13-39-66)49-27-51-76(83)90(75)81-54-28-57-86-91(81)78-45-20-23-55-84(78)96(86)85-56-24-21-46-79(85)94-74-43-18-16-41-68(74)69-42-17-19-44-77(69)95(94)96/h2-61,97H,1H3. The van der Waals surface area contributed by atoms with Crippen LogP contribution in [-0.4, -0.2) is 16.9 Å². The first-order valence-electron chi connectivity index (χ1n) is 34.5. The molecule has 3 aliphatic rings. The molecule has 1 unspecified atom stereocenters. The molecule has 0 fully saturated rings. The molecule has 17 aromatic carbocycles. The second-order valence-electron chi connectivity index (χ2n) is 27.1. The molecule has 2 heteroatoms. The van der Waals surface area contributed by atoms with Gasteiger partial charge in [0.2, 0.25) is 0 Å². The average molecular weight is 1270 g/mol. The van der Waals surface area contributed by atoms with Gasteiger partial charge in [0, 0.05) is 0 Å². The molecular formula is C96H64Si2. The van der Waals surface area contributed by atoms with Gasteiger partial charge in [0.05, 0.1) is 5.41 Å². The predicted octanol–water partition coefficient (Wildman–Crippen LogP) is 19.2. The van der Waals surface area contributed by atoms with E-state index in [1.165, 1.54) is 185 Å². The van der Waals surface area contributed by atoms with Gasteiger partial charge in [-0.2, -0.15) is 0 Å². The van der Waals surface area contributed by atoms with Crippen LogP contribution in [0, 0.1) is 6.92 Å². The van der Waals surface area contributed by atoms with Crippen molar-refractivity contribution in [3.8, 4) is 77.9 Å². The fraction of sp³-hybridized carbons (Fsp3) is 0.0208. The molecule has 1 spiro atoms. The van der Waals surface area contributed by atoms with Crippen LogP contribution in [0.3, 0.4) is 0 Å². The minimum atomic E-state index is -2.87. The summed E-state index contributed by atoms with van der Waals surface area (Å²) in [5.74, 6) is 0. The van der Waals surface area contributed by atoms with Crippen molar-refractivity contribution >= 4 is 96.3 Å². The predicted molar refractivity (Wildman–Crippen MR) is 421 cm³/mol. The Morgan fingerprint density at radius 3 is 1.26 bits per heavy atom. The summed E-state index contributed by atoms with van der Waals surface area (Å²) in [7, 11) is -4.99. The van der Waals surface area contributed by atoms with E-state index < -0.39 is 22.3 Å². The summed E-state index contributed by atoms with van der Waals surface area (Å²) in [4.78, 5) is 0. The number of hydrogen-bond acceptors (Lipinski definition) is 0. The molecular weight excluding hydrogens is 1210 g/mol. The van der Waals surface area contributed by atoms with Gasteiger partial charge in [-0.05, 0) is 188 Å². The fourth-order valence-corrected chi connectivity index (χ4v) is 27.2. The summed E-state index contributed by atoms with van der Waals surface area (Å²) in [6.07, 6.45) is 0. The van der Waals surface area contributed by atoms with Crippen molar-refractivity contribution in [1.29, 1.82) is 0 Å². The lowest BCUT2D eigenvalue weighted by atomic mass is 9.69. The number of benzene rings is 17. The van der Waals surface area contributed by atoms with Crippen LogP contribution in [-0.2, 0) is 5.41 Å². The smallest absolute Gasteiger partial charge is 0.0625 e. The Morgan fingerprint density at radius 1 is 0.235 bits per heavy atom. The van der Waals surface area contributed by atoms with Crippen LogP contribution >= 0.6 is 0 Å². The highest BCUT2D eigenvalue weighted by Crippen LogP contribution is 2.67. The first kappa shape index (κ1) is 56.6. The maximum Gasteiger partial charge on any atom is 0.180 e. The van der Waals surface area contributed by atoms with E-state index >= 15 is 0 Å². The lowest BCUT2D eigenvalue weighted by Gasteiger charge is -2.32. The van der Waals surface area contributed by atoms with Crippen molar-refractivity contribution in [2.45, 2.75) is 12.3 Å². The van der Waals surface area contributed by atoms with Gasteiger partial charge < -0.3 is 0 Å². The van der Waals surface area contributed by atoms with Crippen LogP contribution in [0.25, 0.3) is 121 Å². The monoisotopic (exact) mass is 1270 g/mol. The Morgan fingerprint density at radius 2 is 0.633 bits per heavy atom. The number of hydrogen-bond donors (Lipinski definition) is 0. The summed E-state index contributed by atoms with van der Waals surface area (Å²) in [5, 5.41) is 20.0. The molecule has 98 heavy (non-hydrogen) atoms. The van der Waals surface area contributed by atoms with E-state index in [-0.39, 0.29) is 0 Å². The summed E-state index contributed by atoms with van der Waals surface area (Å²) >= 11 is 0. The Balaban J connectivity index is 0.929. The largest absolute Gasteiger partial charge is 0.180 e. The van der Waals surface area contributed by atoms with E-state index in [4.69, 9.17) is 0 Å². The van der Waals surface area contributed by atoms with E-state index in [0.29, 0.717) is 0 Å². The second-order valence-corrected chi connectivity index (χ2v) is 33.6. The third kappa shape index (κ3) is 7.87. The molecule has 17 aromatic rings. The zero-order chi connectivity index (χ0) is 64.6. The Hall–Kier alpha value is -11.8. The molecule has 0 saturated heterocycles. The molecule has 20 rings (SSSR count). The Labute approximate surface area is 574 Å². The van der Waals surface area contributed by atoms with Crippen LogP contribution in [0.4, 0.5) is 0 Å². The molecule has 1 aliphatic heterocycles. The van der Waals surface area contributed by atoms with E-state index in [2.05, 4.69) is 371 Å². The first-order chi connectivity index (χ1) is 48.6. The summed E-state index contributed by atoms with van der Waals surface area (Å²) in [6.45, 7) is 2.30. The third-order valence-electron chi connectivity index (χ3n) is 22.4. The van der Waals surface area contributed by atoms with E-state index in [1.54, 1.807) is 0 Å². The highest BCUT2D eigenvalue weighted by atomic mass is 28.3. The normalized spacial score (nSPS) is 14.4. The molecule has 0 nitrogen and oxygen atoms in total. The van der Waals surface area contributed by atoms with Gasteiger partial charge >= 0.3 is 0 Å². The minimum absolute atomic E-state index is 0.624.